The van der Waals surface area contributed by atoms with E-state index in [1.807, 2.05) is 68.6 Å². The third-order valence-electron chi connectivity index (χ3n) is 4.96. The lowest BCUT2D eigenvalue weighted by atomic mass is 10.1. The van der Waals surface area contributed by atoms with Crippen molar-refractivity contribution in [3.63, 3.8) is 0 Å². The van der Waals surface area contributed by atoms with Crippen LogP contribution < -0.4 is 5.32 Å². The fourth-order valence-corrected chi connectivity index (χ4v) is 5.15. The van der Waals surface area contributed by atoms with Gasteiger partial charge in [0.15, 0.2) is 0 Å². The zero-order valence-corrected chi connectivity index (χ0v) is 19.2. The number of carbonyl (C=O) groups is 2. The van der Waals surface area contributed by atoms with Crippen molar-refractivity contribution in [2.24, 2.45) is 0 Å². The summed E-state index contributed by atoms with van der Waals surface area (Å²) in [6.07, 6.45) is 0.182. The van der Waals surface area contributed by atoms with Crippen LogP contribution in [-0.2, 0) is 22.6 Å². The predicted molar refractivity (Wildman–Crippen MR) is 126 cm³/mol. The highest BCUT2D eigenvalue weighted by Crippen LogP contribution is 2.31. The molecule has 0 unspecified atom stereocenters. The largest absolute Gasteiger partial charge is 0.455 e. The molecule has 0 aliphatic carbocycles. The van der Waals surface area contributed by atoms with Gasteiger partial charge in [-0.25, -0.2) is 9.78 Å². The van der Waals surface area contributed by atoms with Crippen LogP contribution in [-0.4, -0.2) is 16.9 Å². The molecule has 158 valence electrons. The molecule has 0 saturated heterocycles. The molecule has 0 atom stereocenters. The molecule has 0 aliphatic heterocycles. The van der Waals surface area contributed by atoms with Gasteiger partial charge in [-0.15, -0.1) is 22.7 Å². The van der Waals surface area contributed by atoms with Gasteiger partial charge in [-0.1, -0.05) is 30.3 Å². The Morgan fingerprint density at radius 3 is 2.71 bits per heavy atom. The third-order valence-corrected chi connectivity index (χ3v) is 7.11. The number of aromatic nitrogens is 1. The van der Waals surface area contributed by atoms with E-state index < -0.39 is 0 Å². The van der Waals surface area contributed by atoms with Crippen LogP contribution in [0.3, 0.4) is 0 Å². The number of amides is 1. The maximum absolute atomic E-state index is 12.6. The molecule has 0 saturated carbocycles. The minimum absolute atomic E-state index is 0.0849. The summed E-state index contributed by atoms with van der Waals surface area (Å²) in [6.45, 7) is 5.97. The van der Waals surface area contributed by atoms with Crippen molar-refractivity contribution in [1.29, 1.82) is 0 Å². The molecule has 2 aromatic carbocycles. The lowest BCUT2D eigenvalue weighted by Crippen LogP contribution is -2.15. The average Bonchev–Trinajstić information content (AvgIpc) is 3.33. The fourth-order valence-electron chi connectivity index (χ4n) is 3.27. The van der Waals surface area contributed by atoms with Crippen molar-refractivity contribution in [3.05, 3.63) is 80.1 Å². The Morgan fingerprint density at radius 2 is 1.90 bits per heavy atom. The normalized spacial score (nSPS) is 10.9. The highest BCUT2D eigenvalue weighted by Gasteiger charge is 2.17. The number of rotatable bonds is 6. The number of hydrogen-bond donors (Lipinski definition) is 1. The van der Waals surface area contributed by atoms with Crippen molar-refractivity contribution in [2.75, 3.05) is 5.32 Å². The summed E-state index contributed by atoms with van der Waals surface area (Å²) in [5.74, 6) is -0.464. The number of aryl methyl sites for hydroxylation is 3. The first-order valence-electron chi connectivity index (χ1n) is 9.86. The summed E-state index contributed by atoms with van der Waals surface area (Å²) in [4.78, 5) is 30.0. The van der Waals surface area contributed by atoms with Crippen LogP contribution in [0.15, 0.2) is 47.8 Å². The number of carbonyl (C=O) groups excluding carboxylic acids is 2. The van der Waals surface area contributed by atoms with Gasteiger partial charge in [0.25, 0.3) is 0 Å². The van der Waals surface area contributed by atoms with Crippen molar-refractivity contribution in [3.8, 4) is 0 Å². The lowest BCUT2D eigenvalue weighted by molar-refractivity contribution is -0.115. The second kappa shape index (κ2) is 8.99. The molecule has 7 heteroatoms. The van der Waals surface area contributed by atoms with E-state index in [0.717, 1.165) is 32.5 Å². The van der Waals surface area contributed by atoms with Crippen LogP contribution in [0.25, 0.3) is 10.1 Å². The van der Waals surface area contributed by atoms with Crippen LogP contribution >= 0.6 is 22.7 Å². The van der Waals surface area contributed by atoms with Crippen LogP contribution in [0.1, 0.15) is 37.1 Å². The van der Waals surface area contributed by atoms with E-state index in [9.17, 15) is 9.59 Å². The summed E-state index contributed by atoms with van der Waals surface area (Å²) < 4.78 is 6.55. The number of nitrogens with one attached hydrogen (secondary N) is 1. The highest BCUT2D eigenvalue weighted by atomic mass is 32.1. The van der Waals surface area contributed by atoms with E-state index >= 15 is 0 Å². The molecule has 0 spiro atoms. The number of thiazole rings is 1. The van der Waals surface area contributed by atoms with Gasteiger partial charge in [-0.05, 0) is 55.0 Å². The molecule has 5 nitrogen and oxygen atoms in total. The molecule has 2 aromatic heterocycles. The monoisotopic (exact) mass is 450 g/mol. The van der Waals surface area contributed by atoms with Gasteiger partial charge in [-0.2, -0.15) is 0 Å². The summed E-state index contributed by atoms with van der Waals surface area (Å²) in [5, 5.41) is 6.53. The van der Waals surface area contributed by atoms with Gasteiger partial charge in [0, 0.05) is 15.8 Å². The number of anilines is 1. The summed E-state index contributed by atoms with van der Waals surface area (Å²) in [5.41, 5.74) is 4.50. The topological polar surface area (TPSA) is 68.3 Å². The first kappa shape index (κ1) is 21.2. The van der Waals surface area contributed by atoms with Crippen molar-refractivity contribution < 1.29 is 14.3 Å². The number of thiophene rings is 1. The number of benzene rings is 2. The van der Waals surface area contributed by atoms with Gasteiger partial charge in [-0.3, -0.25) is 4.79 Å². The molecule has 1 amide bonds. The SMILES string of the molecule is Cc1ccc(C)c(NC(=O)Cc2nc(COC(=O)c3sc4ccccc4c3C)cs2)c1. The Morgan fingerprint density at radius 1 is 1.10 bits per heavy atom. The van der Waals surface area contributed by atoms with E-state index in [4.69, 9.17) is 4.74 Å². The smallest absolute Gasteiger partial charge is 0.349 e. The van der Waals surface area contributed by atoms with E-state index in [1.54, 1.807) is 0 Å². The van der Waals surface area contributed by atoms with Crippen LogP contribution in [0.4, 0.5) is 5.69 Å². The first-order chi connectivity index (χ1) is 14.9. The fraction of sp³-hybridized carbons (Fsp3) is 0.208. The van der Waals surface area contributed by atoms with Gasteiger partial charge < -0.3 is 10.1 Å². The average molecular weight is 451 g/mol. The number of ether oxygens (including phenoxy) is 1. The molecule has 0 fully saturated rings. The molecule has 2 heterocycles. The Labute approximate surface area is 188 Å². The predicted octanol–water partition coefficient (Wildman–Crippen LogP) is 5.82. The zero-order valence-electron chi connectivity index (χ0n) is 17.5. The Bertz CT molecular complexity index is 1270. The molecule has 4 aromatic rings. The van der Waals surface area contributed by atoms with Gasteiger partial charge in [0.2, 0.25) is 5.91 Å². The van der Waals surface area contributed by atoms with E-state index in [-0.39, 0.29) is 24.9 Å². The summed E-state index contributed by atoms with van der Waals surface area (Å²) in [6, 6.07) is 13.9. The second-order valence-electron chi connectivity index (χ2n) is 7.40. The standard InChI is InChI=1S/C24H22N2O3S2/c1-14-8-9-15(2)19(10-14)26-21(27)11-22-25-17(13-30-22)12-29-24(28)23-16(3)18-6-4-5-7-20(18)31-23/h4-10,13H,11-12H2,1-3H3,(H,26,27). The van der Waals surface area contributed by atoms with Crippen molar-refractivity contribution in [1.82, 2.24) is 4.98 Å². The van der Waals surface area contributed by atoms with E-state index in [2.05, 4.69) is 10.3 Å². The highest BCUT2D eigenvalue weighted by molar-refractivity contribution is 7.21. The maximum atomic E-state index is 12.6. The third kappa shape index (κ3) is 4.84. The molecule has 31 heavy (non-hydrogen) atoms. The second-order valence-corrected chi connectivity index (χ2v) is 9.40. The molecular formula is C24H22N2O3S2. The Balaban J connectivity index is 1.35. The molecule has 0 bridgehead atoms. The quantitative estimate of drug-likeness (QED) is 0.376. The van der Waals surface area contributed by atoms with Crippen LogP contribution in [0.5, 0.6) is 0 Å². The summed E-state index contributed by atoms with van der Waals surface area (Å²) >= 11 is 2.83. The number of hydrogen-bond acceptors (Lipinski definition) is 6. The molecular weight excluding hydrogens is 428 g/mol. The lowest BCUT2D eigenvalue weighted by Gasteiger charge is -2.08. The minimum atomic E-state index is -0.346. The summed E-state index contributed by atoms with van der Waals surface area (Å²) in [7, 11) is 0. The number of esters is 1. The zero-order chi connectivity index (χ0) is 22.0. The van der Waals surface area contributed by atoms with Crippen LogP contribution in [0, 0.1) is 20.8 Å². The first-order valence-corrected chi connectivity index (χ1v) is 11.6. The molecule has 0 aliphatic rings. The van der Waals surface area contributed by atoms with Gasteiger partial charge >= 0.3 is 5.97 Å². The number of nitrogens with zero attached hydrogens (tertiary/aromatic N) is 1. The molecule has 1 N–H and O–H groups in total. The van der Waals surface area contributed by atoms with E-state index in [0.29, 0.717) is 15.6 Å². The minimum Gasteiger partial charge on any atom is -0.455 e. The molecule has 0 radical (unpaired) electrons. The Hall–Kier alpha value is -3.03. The van der Waals surface area contributed by atoms with Gasteiger partial charge in [0.1, 0.15) is 16.5 Å². The van der Waals surface area contributed by atoms with Crippen molar-refractivity contribution >= 4 is 50.3 Å². The van der Waals surface area contributed by atoms with Gasteiger partial charge in [0.05, 0.1) is 12.1 Å². The number of fused-ring (bicyclic) bond motifs is 1. The Kier molecular flexibility index (Phi) is 6.15. The van der Waals surface area contributed by atoms with Crippen molar-refractivity contribution in [2.45, 2.75) is 33.8 Å². The van der Waals surface area contributed by atoms with Crippen LogP contribution in [0.2, 0.25) is 0 Å². The molecule has 4 rings (SSSR count). The maximum Gasteiger partial charge on any atom is 0.349 e. The van der Waals surface area contributed by atoms with E-state index in [1.165, 1.54) is 22.7 Å².